The van der Waals surface area contributed by atoms with Crippen molar-refractivity contribution in [3.8, 4) is 0 Å². The van der Waals surface area contributed by atoms with Gasteiger partial charge in [0.05, 0.1) is 0 Å². The topological polar surface area (TPSA) is 15.3 Å². The van der Waals surface area contributed by atoms with Crippen LogP contribution in [-0.4, -0.2) is 25.7 Å². The maximum Gasteiger partial charge on any atom is 0.0431 e. The molecule has 1 aromatic rings. The summed E-state index contributed by atoms with van der Waals surface area (Å²) in [6, 6.07) is 7.37. The van der Waals surface area contributed by atoms with Crippen LogP contribution in [0.2, 0.25) is 0 Å². The second-order valence-electron chi connectivity index (χ2n) is 5.95. The Morgan fingerprint density at radius 2 is 1.74 bits per heavy atom. The highest BCUT2D eigenvalue weighted by Gasteiger charge is 2.22. The summed E-state index contributed by atoms with van der Waals surface area (Å²) in [5.41, 5.74) is 4.51. The first kappa shape index (κ1) is 14.4. The molecule has 0 bridgehead atoms. The maximum absolute atomic E-state index is 3.63. The van der Waals surface area contributed by atoms with Crippen LogP contribution in [0, 0.1) is 5.92 Å². The highest BCUT2D eigenvalue weighted by Crippen LogP contribution is 2.28. The van der Waals surface area contributed by atoms with Crippen molar-refractivity contribution in [3.05, 3.63) is 29.3 Å². The third kappa shape index (κ3) is 3.30. The van der Waals surface area contributed by atoms with E-state index in [0.717, 1.165) is 25.9 Å². The molecule has 106 valence electrons. The lowest BCUT2D eigenvalue weighted by atomic mass is 10.0. The summed E-state index contributed by atoms with van der Waals surface area (Å²) in [7, 11) is 0. The van der Waals surface area contributed by atoms with Crippen molar-refractivity contribution in [3.63, 3.8) is 0 Å². The van der Waals surface area contributed by atoms with E-state index in [1.54, 1.807) is 0 Å². The van der Waals surface area contributed by atoms with E-state index in [1.807, 2.05) is 0 Å². The predicted octanol–water partition coefficient (Wildman–Crippen LogP) is 3.25. The zero-order valence-corrected chi connectivity index (χ0v) is 12.9. The van der Waals surface area contributed by atoms with Crippen LogP contribution in [0.15, 0.2) is 18.2 Å². The molecule has 1 aromatic carbocycles. The highest BCUT2D eigenvalue weighted by atomic mass is 15.2. The Bertz CT molecular complexity index is 379. The van der Waals surface area contributed by atoms with Crippen molar-refractivity contribution in [1.82, 2.24) is 5.32 Å². The van der Waals surface area contributed by atoms with Crippen LogP contribution < -0.4 is 10.2 Å². The molecule has 2 unspecified atom stereocenters. The first-order chi connectivity index (χ1) is 9.15. The number of para-hydroxylation sites is 1. The number of nitrogens with zero attached hydrogens (tertiary/aromatic N) is 1. The lowest BCUT2D eigenvalue weighted by Gasteiger charge is -2.30. The van der Waals surface area contributed by atoms with Crippen molar-refractivity contribution >= 4 is 5.69 Å². The minimum absolute atomic E-state index is 0.569. The van der Waals surface area contributed by atoms with Gasteiger partial charge in [-0.05, 0) is 43.4 Å². The van der Waals surface area contributed by atoms with Crippen molar-refractivity contribution in [1.29, 1.82) is 0 Å². The van der Waals surface area contributed by atoms with Crippen molar-refractivity contribution in [2.75, 3.05) is 24.5 Å². The quantitative estimate of drug-likeness (QED) is 0.897. The van der Waals surface area contributed by atoms with Crippen LogP contribution in [0.4, 0.5) is 5.69 Å². The molecule has 0 aliphatic carbocycles. The van der Waals surface area contributed by atoms with E-state index in [4.69, 9.17) is 0 Å². The van der Waals surface area contributed by atoms with Gasteiger partial charge in [-0.2, -0.15) is 0 Å². The molecule has 0 aromatic heterocycles. The Labute approximate surface area is 118 Å². The van der Waals surface area contributed by atoms with Gasteiger partial charge in [0.1, 0.15) is 0 Å². The van der Waals surface area contributed by atoms with Crippen LogP contribution in [0.5, 0.6) is 0 Å². The van der Waals surface area contributed by atoms with E-state index < -0.39 is 0 Å². The van der Waals surface area contributed by atoms with Gasteiger partial charge in [-0.1, -0.05) is 39.0 Å². The summed E-state index contributed by atoms with van der Waals surface area (Å²) in [6.07, 6.45) is 2.24. The number of nitrogens with one attached hydrogen (secondary N) is 1. The van der Waals surface area contributed by atoms with Gasteiger partial charge < -0.3 is 10.2 Å². The molecule has 0 radical (unpaired) electrons. The summed E-state index contributed by atoms with van der Waals surface area (Å²) in [4.78, 5) is 2.62. The summed E-state index contributed by atoms with van der Waals surface area (Å²) in [5, 5.41) is 3.63. The van der Waals surface area contributed by atoms with Crippen LogP contribution in [0.3, 0.4) is 0 Å². The molecule has 0 saturated carbocycles. The Balaban J connectivity index is 2.37. The lowest BCUT2D eigenvalue weighted by Crippen LogP contribution is -2.36. The summed E-state index contributed by atoms with van der Waals surface area (Å²) >= 11 is 0. The SMILES string of the molecule is CCc1cccc(CC)c1N1CC(C)CNC(C)C1. The standard InChI is InChI=1S/C17H28N2/c1-5-15-8-7-9-16(6-2)17(15)19-11-13(3)10-18-14(4)12-19/h7-9,13-14,18H,5-6,10-12H2,1-4H3. The van der Waals surface area contributed by atoms with Crippen LogP contribution in [-0.2, 0) is 12.8 Å². The molecule has 1 fully saturated rings. The third-order valence-corrected chi connectivity index (χ3v) is 4.12. The molecular weight excluding hydrogens is 232 g/mol. The number of rotatable bonds is 3. The van der Waals surface area contributed by atoms with E-state index >= 15 is 0 Å². The maximum atomic E-state index is 3.63. The van der Waals surface area contributed by atoms with E-state index in [0.29, 0.717) is 12.0 Å². The largest absolute Gasteiger partial charge is 0.369 e. The second kappa shape index (κ2) is 6.42. The third-order valence-electron chi connectivity index (χ3n) is 4.12. The molecule has 2 heteroatoms. The average molecular weight is 260 g/mol. The van der Waals surface area contributed by atoms with Crippen LogP contribution >= 0.6 is 0 Å². The summed E-state index contributed by atoms with van der Waals surface area (Å²) in [6.45, 7) is 12.6. The van der Waals surface area contributed by atoms with Gasteiger partial charge in [-0.3, -0.25) is 0 Å². The second-order valence-corrected chi connectivity index (χ2v) is 5.95. The molecule has 1 aliphatic heterocycles. The summed E-state index contributed by atoms with van der Waals surface area (Å²) in [5.74, 6) is 0.708. The van der Waals surface area contributed by atoms with Gasteiger partial charge in [0.2, 0.25) is 0 Å². The molecule has 1 N–H and O–H groups in total. The Morgan fingerprint density at radius 1 is 1.11 bits per heavy atom. The predicted molar refractivity (Wildman–Crippen MR) is 84.0 cm³/mol. The Morgan fingerprint density at radius 3 is 2.32 bits per heavy atom. The van der Waals surface area contributed by atoms with E-state index in [9.17, 15) is 0 Å². The monoisotopic (exact) mass is 260 g/mol. The van der Waals surface area contributed by atoms with Gasteiger partial charge in [0, 0.05) is 24.8 Å². The molecule has 2 nitrogen and oxygen atoms in total. The fraction of sp³-hybridized carbons (Fsp3) is 0.647. The van der Waals surface area contributed by atoms with E-state index in [-0.39, 0.29) is 0 Å². The van der Waals surface area contributed by atoms with Gasteiger partial charge in [-0.25, -0.2) is 0 Å². The molecule has 2 rings (SSSR count). The molecule has 19 heavy (non-hydrogen) atoms. The van der Waals surface area contributed by atoms with E-state index in [2.05, 4.69) is 56.1 Å². The van der Waals surface area contributed by atoms with Crippen molar-refractivity contribution in [2.24, 2.45) is 5.92 Å². The molecular formula is C17H28N2. The molecule has 0 amide bonds. The van der Waals surface area contributed by atoms with Gasteiger partial charge in [0.15, 0.2) is 0 Å². The number of hydrogen-bond acceptors (Lipinski definition) is 2. The van der Waals surface area contributed by atoms with E-state index in [1.165, 1.54) is 23.4 Å². The highest BCUT2D eigenvalue weighted by molar-refractivity contribution is 5.60. The molecule has 2 atom stereocenters. The van der Waals surface area contributed by atoms with Gasteiger partial charge >= 0.3 is 0 Å². The van der Waals surface area contributed by atoms with Gasteiger partial charge in [0.25, 0.3) is 0 Å². The zero-order valence-electron chi connectivity index (χ0n) is 12.9. The molecule has 0 spiro atoms. The minimum Gasteiger partial charge on any atom is -0.369 e. The van der Waals surface area contributed by atoms with Crippen LogP contribution in [0.1, 0.15) is 38.8 Å². The van der Waals surface area contributed by atoms with Crippen LogP contribution in [0.25, 0.3) is 0 Å². The first-order valence-electron chi connectivity index (χ1n) is 7.74. The number of hydrogen-bond donors (Lipinski definition) is 1. The molecule has 1 heterocycles. The van der Waals surface area contributed by atoms with Crippen molar-refractivity contribution in [2.45, 2.75) is 46.6 Å². The normalized spacial score (nSPS) is 24.3. The first-order valence-corrected chi connectivity index (χ1v) is 7.74. The fourth-order valence-electron chi connectivity index (χ4n) is 3.12. The van der Waals surface area contributed by atoms with Gasteiger partial charge in [-0.15, -0.1) is 0 Å². The van der Waals surface area contributed by atoms with Crippen molar-refractivity contribution < 1.29 is 0 Å². The number of aryl methyl sites for hydroxylation is 2. The Hall–Kier alpha value is -1.02. The smallest absolute Gasteiger partial charge is 0.0431 e. The lowest BCUT2D eigenvalue weighted by molar-refractivity contribution is 0.525. The average Bonchev–Trinajstić information content (AvgIpc) is 2.59. The molecule has 1 aliphatic rings. The Kier molecular flexibility index (Phi) is 4.87. The molecule has 1 saturated heterocycles. The number of benzene rings is 1. The fourth-order valence-corrected chi connectivity index (χ4v) is 3.12. The summed E-state index contributed by atoms with van der Waals surface area (Å²) < 4.78 is 0. The zero-order chi connectivity index (χ0) is 13.8. The number of anilines is 1. The minimum atomic E-state index is 0.569.